The van der Waals surface area contributed by atoms with E-state index in [0.717, 1.165) is 54.3 Å². The van der Waals surface area contributed by atoms with Crippen molar-refractivity contribution in [2.24, 2.45) is 0 Å². The molecule has 1 aromatic heterocycles. The summed E-state index contributed by atoms with van der Waals surface area (Å²) >= 11 is 0. The standard InChI is InChI=1S/C21H27N3O2/c1-23(2)12-7-13-24-18-9-6-5-8-17(18)22-21(24)15-16-10-11-19(25-3)20(14-16)26-4/h5-6,8-11,14H,7,12-13,15H2,1-4H3. The molecule has 138 valence electrons. The summed E-state index contributed by atoms with van der Waals surface area (Å²) in [5.41, 5.74) is 3.40. The molecule has 0 saturated heterocycles. The first-order chi connectivity index (χ1) is 12.6. The fourth-order valence-electron chi connectivity index (χ4n) is 3.23. The lowest BCUT2D eigenvalue weighted by atomic mass is 10.1. The van der Waals surface area contributed by atoms with Gasteiger partial charge in [-0.1, -0.05) is 18.2 Å². The molecular formula is C21H27N3O2. The van der Waals surface area contributed by atoms with E-state index < -0.39 is 0 Å². The van der Waals surface area contributed by atoms with Gasteiger partial charge in [-0.3, -0.25) is 0 Å². The predicted molar refractivity (Wildman–Crippen MR) is 105 cm³/mol. The monoisotopic (exact) mass is 353 g/mol. The Hall–Kier alpha value is -2.53. The fraction of sp³-hybridized carbons (Fsp3) is 0.381. The van der Waals surface area contributed by atoms with E-state index in [1.165, 1.54) is 5.52 Å². The molecule has 3 rings (SSSR count). The largest absolute Gasteiger partial charge is 0.493 e. The maximum Gasteiger partial charge on any atom is 0.161 e. The van der Waals surface area contributed by atoms with Gasteiger partial charge in [-0.2, -0.15) is 0 Å². The van der Waals surface area contributed by atoms with E-state index in [0.29, 0.717) is 0 Å². The van der Waals surface area contributed by atoms with Gasteiger partial charge in [0.1, 0.15) is 5.82 Å². The van der Waals surface area contributed by atoms with Crippen molar-refractivity contribution in [3.05, 3.63) is 53.9 Å². The number of para-hydroxylation sites is 2. The van der Waals surface area contributed by atoms with Crippen LogP contribution in [0.3, 0.4) is 0 Å². The van der Waals surface area contributed by atoms with Crippen molar-refractivity contribution in [3.63, 3.8) is 0 Å². The number of methoxy groups -OCH3 is 2. The van der Waals surface area contributed by atoms with Crippen LogP contribution in [0.2, 0.25) is 0 Å². The molecule has 1 heterocycles. The van der Waals surface area contributed by atoms with Crippen LogP contribution in [0, 0.1) is 0 Å². The summed E-state index contributed by atoms with van der Waals surface area (Å²) < 4.78 is 13.1. The van der Waals surface area contributed by atoms with Crippen molar-refractivity contribution < 1.29 is 9.47 Å². The second-order valence-electron chi connectivity index (χ2n) is 6.69. The predicted octanol–water partition coefficient (Wildman–Crippen LogP) is 3.60. The molecule has 0 bridgehead atoms. The first-order valence-corrected chi connectivity index (χ1v) is 8.92. The molecule has 0 amide bonds. The highest BCUT2D eigenvalue weighted by atomic mass is 16.5. The minimum absolute atomic E-state index is 0.746. The number of hydrogen-bond acceptors (Lipinski definition) is 4. The van der Waals surface area contributed by atoms with Crippen LogP contribution in [0.25, 0.3) is 11.0 Å². The third kappa shape index (κ3) is 3.99. The Labute approximate surface area is 155 Å². The molecule has 0 N–H and O–H groups in total. The van der Waals surface area contributed by atoms with Crippen molar-refractivity contribution in [2.75, 3.05) is 34.9 Å². The van der Waals surface area contributed by atoms with Crippen LogP contribution < -0.4 is 9.47 Å². The Morgan fingerprint density at radius 2 is 1.77 bits per heavy atom. The van der Waals surface area contributed by atoms with E-state index in [9.17, 15) is 0 Å². The molecule has 26 heavy (non-hydrogen) atoms. The molecule has 5 nitrogen and oxygen atoms in total. The number of ether oxygens (including phenoxy) is 2. The van der Waals surface area contributed by atoms with E-state index in [4.69, 9.17) is 14.5 Å². The van der Waals surface area contributed by atoms with Gasteiger partial charge in [-0.25, -0.2) is 4.98 Å². The SMILES string of the molecule is COc1ccc(Cc2nc3ccccc3n2CCCN(C)C)cc1OC. The summed E-state index contributed by atoms with van der Waals surface area (Å²) in [4.78, 5) is 7.10. The van der Waals surface area contributed by atoms with Gasteiger partial charge >= 0.3 is 0 Å². The first kappa shape index (κ1) is 18.3. The van der Waals surface area contributed by atoms with Gasteiger partial charge in [0, 0.05) is 13.0 Å². The van der Waals surface area contributed by atoms with Gasteiger partial charge in [0.2, 0.25) is 0 Å². The summed E-state index contributed by atoms with van der Waals surface area (Å²) in [6.07, 6.45) is 1.85. The average molecular weight is 353 g/mol. The zero-order chi connectivity index (χ0) is 18.5. The number of aryl methyl sites for hydroxylation is 1. The van der Waals surface area contributed by atoms with E-state index in [1.54, 1.807) is 14.2 Å². The van der Waals surface area contributed by atoms with E-state index >= 15 is 0 Å². The Balaban J connectivity index is 1.91. The molecule has 3 aromatic rings. The summed E-state index contributed by atoms with van der Waals surface area (Å²) in [6, 6.07) is 14.4. The van der Waals surface area contributed by atoms with Crippen molar-refractivity contribution in [1.82, 2.24) is 14.5 Å². The van der Waals surface area contributed by atoms with Crippen molar-refractivity contribution in [1.29, 1.82) is 0 Å². The first-order valence-electron chi connectivity index (χ1n) is 8.92. The third-order valence-electron chi connectivity index (χ3n) is 4.53. The second kappa shape index (κ2) is 8.23. The molecule has 0 aliphatic rings. The number of rotatable bonds is 8. The molecular weight excluding hydrogens is 326 g/mol. The van der Waals surface area contributed by atoms with Crippen LogP contribution in [0.5, 0.6) is 11.5 Å². The number of hydrogen-bond donors (Lipinski definition) is 0. The molecule has 0 fully saturated rings. The highest BCUT2D eigenvalue weighted by Gasteiger charge is 2.12. The normalized spacial score (nSPS) is 11.3. The van der Waals surface area contributed by atoms with Crippen LogP contribution in [0.15, 0.2) is 42.5 Å². The number of nitrogens with zero attached hydrogens (tertiary/aromatic N) is 3. The third-order valence-corrected chi connectivity index (χ3v) is 4.53. The molecule has 0 spiro atoms. The molecule has 2 aromatic carbocycles. The van der Waals surface area contributed by atoms with Crippen LogP contribution in [-0.4, -0.2) is 49.3 Å². The Kier molecular flexibility index (Phi) is 5.78. The zero-order valence-electron chi connectivity index (χ0n) is 16.0. The van der Waals surface area contributed by atoms with Crippen LogP contribution >= 0.6 is 0 Å². The maximum atomic E-state index is 5.44. The van der Waals surface area contributed by atoms with E-state index in [2.05, 4.69) is 47.8 Å². The van der Waals surface area contributed by atoms with Crippen molar-refractivity contribution in [3.8, 4) is 11.5 Å². The fourth-order valence-corrected chi connectivity index (χ4v) is 3.23. The van der Waals surface area contributed by atoms with Gasteiger partial charge in [0.15, 0.2) is 11.5 Å². The number of benzene rings is 2. The Morgan fingerprint density at radius 3 is 2.50 bits per heavy atom. The molecule has 5 heteroatoms. The van der Waals surface area contributed by atoms with Gasteiger partial charge < -0.3 is 18.9 Å². The summed E-state index contributed by atoms with van der Waals surface area (Å²) in [7, 11) is 7.53. The van der Waals surface area contributed by atoms with E-state index in [-0.39, 0.29) is 0 Å². The molecule has 0 aliphatic carbocycles. The van der Waals surface area contributed by atoms with Gasteiger partial charge in [-0.05, 0) is 56.9 Å². The second-order valence-corrected chi connectivity index (χ2v) is 6.69. The minimum Gasteiger partial charge on any atom is -0.493 e. The maximum absolute atomic E-state index is 5.44. The highest BCUT2D eigenvalue weighted by Crippen LogP contribution is 2.29. The van der Waals surface area contributed by atoms with Gasteiger partial charge in [0.25, 0.3) is 0 Å². The van der Waals surface area contributed by atoms with Gasteiger partial charge in [0.05, 0.1) is 25.3 Å². The van der Waals surface area contributed by atoms with Crippen LogP contribution in [0.1, 0.15) is 17.8 Å². The van der Waals surface area contributed by atoms with Crippen molar-refractivity contribution >= 4 is 11.0 Å². The number of fused-ring (bicyclic) bond motifs is 1. The molecule has 0 unspecified atom stereocenters. The molecule has 0 radical (unpaired) electrons. The Bertz CT molecular complexity index is 871. The topological polar surface area (TPSA) is 39.5 Å². The highest BCUT2D eigenvalue weighted by molar-refractivity contribution is 5.76. The lowest BCUT2D eigenvalue weighted by molar-refractivity contribution is 0.354. The smallest absolute Gasteiger partial charge is 0.161 e. The van der Waals surface area contributed by atoms with Gasteiger partial charge in [-0.15, -0.1) is 0 Å². The van der Waals surface area contributed by atoms with Crippen LogP contribution in [-0.2, 0) is 13.0 Å². The molecule has 0 saturated carbocycles. The van der Waals surface area contributed by atoms with Crippen LogP contribution in [0.4, 0.5) is 0 Å². The van der Waals surface area contributed by atoms with Crippen molar-refractivity contribution in [2.45, 2.75) is 19.4 Å². The quantitative estimate of drug-likeness (QED) is 0.620. The lowest BCUT2D eigenvalue weighted by Crippen LogP contribution is -2.16. The molecule has 0 atom stereocenters. The molecule has 0 aliphatic heterocycles. The van der Waals surface area contributed by atoms with E-state index in [1.807, 2.05) is 18.2 Å². The summed E-state index contributed by atoms with van der Waals surface area (Å²) in [5, 5.41) is 0. The summed E-state index contributed by atoms with van der Waals surface area (Å²) in [6.45, 7) is 2.02. The zero-order valence-corrected chi connectivity index (χ0v) is 16.0. The number of imidazole rings is 1. The Morgan fingerprint density at radius 1 is 1.00 bits per heavy atom. The summed E-state index contributed by atoms with van der Waals surface area (Å²) in [5.74, 6) is 2.58. The number of aromatic nitrogens is 2. The lowest BCUT2D eigenvalue weighted by Gasteiger charge is -2.13. The average Bonchev–Trinajstić information content (AvgIpc) is 2.98. The minimum atomic E-state index is 0.746.